The zero-order valence-corrected chi connectivity index (χ0v) is 11.4. The van der Waals surface area contributed by atoms with E-state index < -0.39 is 6.03 Å². The monoisotopic (exact) mass is 273 g/mol. The molecule has 0 bridgehead atoms. The molecular weight excluding hydrogens is 257 g/mol. The van der Waals surface area contributed by atoms with Crippen LogP contribution in [0.25, 0.3) is 0 Å². The fraction of sp³-hybridized carbons (Fsp3) is 0.200. The van der Waals surface area contributed by atoms with Crippen molar-refractivity contribution in [2.75, 3.05) is 10.6 Å². The Bertz CT molecular complexity index is 599. The first-order valence-electron chi connectivity index (χ1n) is 6.34. The Labute approximate surface area is 117 Å². The summed E-state index contributed by atoms with van der Waals surface area (Å²) in [5, 5.41) is 5.13. The van der Waals surface area contributed by atoms with Crippen LogP contribution in [0.15, 0.2) is 42.6 Å². The van der Waals surface area contributed by atoms with Gasteiger partial charge in [0.05, 0.1) is 0 Å². The molecule has 20 heavy (non-hydrogen) atoms. The molecule has 5 heteroatoms. The minimum atomic E-state index is -0.458. The molecule has 1 aromatic heterocycles. The summed E-state index contributed by atoms with van der Waals surface area (Å²) in [4.78, 5) is 15.7. The number of hydrogen-bond acceptors (Lipinski definition) is 2. The number of hydrogen-bond donors (Lipinski definition) is 2. The van der Waals surface area contributed by atoms with Crippen molar-refractivity contribution in [3.05, 3.63) is 54.0 Å². The number of nitrogens with one attached hydrogen (secondary N) is 2. The molecule has 2 amide bonds. The van der Waals surface area contributed by atoms with Gasteiger partial charge in [0.1, 0.15) is 11.6 Å². The maximum atomic E-state index is 13.8. The second-order valence-electron chi connectivity index (χ2n) is 4.69. The largest absolute Gasteiger partial charge is 0.324 e. The molecule has 0 spiro atoms. The van der Waals surface area contributed by atoms with E-state index in [4.69, 9.17) is 0 Å². The van der Waals surface area contributed by atoms with Gasteiger partial charge in [0.2, 0.25) is 0 Å². The highest BCUT2D eigenvalue weighted by Gasteiger charge is 2.09. The van der Waals surface area contributed by atoms with Crippen LogP contribution in [0.3, 0.4) is 0 Å². The molecule has 0 radical (unpaired) electrons. The van der Waals surface area contributed by atoms with Crippen LogP contribution in [0.2, 0.25) is 0 Å². The van der Waals surface area contributed by atoms with Gasteiger partial charge < -0.3 is 5.32 Å². The van der Waals surface area contributed by atoms with Crippen molar-refractivity contribution >= 4 is 17.5 Å². The number of benzene rings is 1. The Hall–Kier alpha value is -2.43. The Kier molecular flexibility index (Phi) is 4.30. The average molecular weight is 273 g/mol. The molecule has 1 aromatic carbocycles. The second kappa shape index (κ2) is 6.14. The number of rotatable bonds is 3. The Morgan fingerprint density at radius 1 is 1.20 bits per heavy atom. The van der Waals surface area contributed by atoms with Crippen LogP contribution in [-0.2, 0) is 0 Å². The average Bonchev–Trinajstić information content (AvgIpc) is 2.39. The lowest BCUT2D eigenvalue weighted by atomic mass is 10.0. The van der Waals surface area contributed by atoms with E-state index in [1.165, 1.54) is 6.07 Å². The molecule has 104 valence electrons. The summed E-state index contributed by atoms with van der Waals surface area (Å²) in [5.74, 6) is 0.214. The molecule has 0 aliphatic carbocycles. The lowest BCUT2D eigenvalue weighted by Crippen LogP contribution is -2.20. The van der Waals surface area contributed by atoms with Crippen LogP contribution in [-0.4, -0.2) is 11.0 Å². The van der Waals surface area contributed by atoms with Crippen molar-refractivity contribution < 1.29 is 9.18 Å². The molecule has 0 saturated carbocycles. The molecule has 0 unspecified atom stereocenters. The number of carbonyl (C=O) groups is 1. The van der Waals surface area contributed by atoms with Crippen LogP contribution in [0.4, 0.5) is 20.7 Å². The zero-order valence-electron chi connectivity index (χ0n) is 11.4. The Balaban J connectivity index is 2.03. The number of amides is 2. The Morgan fingerprint density at radius 2 is 2.00 bits per heavy atom. The number of carbonyl (C=O) groups excluding carboxylic acids is 1. The highest BCUT2D eigenvalue weighted by Crippen LogP contribution is 2.21. The maximum Gasteiger partial charge on any atom is 0.324 e. The van der Waals surface area contributed by atoms with Gasteiger partial charge in [-0.25, -0.2) is 14.2 Å². The summed E-state index contributed by atoms with van der Waals surface area (Å²) in [6, 6.07) is 9.39. The van der Waals surface area contributed by atoms with E-state index in [0.29, 0.717) is 17.1 Å². The fourth-order valence-electron chi connectivity index (χ4n) is 1.79. The van der Waals surface area contributed by atoms with Gasteiger partial charge in [0.15, 0.2) is 0 Å². The van der Waals surface area contributed by atoms with Gasteiger partial charge in [-0.2, -0.15) is 0 Å². The fourth-order valence-corrected chi connectivity index (χ4v) is 1.79. The minimum absolute atomic E-state index is 0.103. The third-order valence-electron chi connectivity index (χ3n) is 2.79. The van der Waals surface area contributed by atoms with Crippen LogP contribution >= 0.6 is 0 Å². The van der Waals surface area contributed by atoms with Crippen molar-refractivity contribution in [3.8, 4) is 0 Å². The zero-order chi connectivity index (χ0) is 14.5. The van der Waals surface area contributed by atoms with Gasteiger partial charge in [0.25, 0.3) is 0 Å². The number of aromatic nitrogens is 1. The van der Waals surface area contributed by atoms with Gasteiger partial charge in [0, 0.05) is 11.9 Å². The predicted molar refractivity (Wildman–Crippen MR) is 77.4 cm³/mol. The predicted octanol–water partition coefficient (Wildman–Crippen LogP) is 3.99. The van der Waals surface area contributed by atoms with Gasteiger partial charge in [-0.05, 0) is 35.7 Å². The third-order valence-corrected chi connectivity index (χ3v) is 2.79. The van der Waals surface area contributed by atoms with Crippen molar-refractivity contribution in [1.29, 1.82) is 0 Å². The first-order valence-corrected chi connectivity index (χ1v) is 6.34. The molecule has 2 rings (SSSR count). The van der Waals surface area contributed by atoms with Crippen LogP contribution in [0.1, 0.15) is 25.3 Å². The van der Waals surface area contributed by atoms with E-state index in [1.807, 2.05) is 13.8 Å². The number of halogens is 1. The third kappa shape index (κ3) is 3.54. The number of urea groups is 1. The first kappa shape index (κ1) is 14.0. The molecule has 0 aliphatic rings. The normalized spacial score (nSPS) is 10.4. The van der Waals surface area contributed by atoms with Gasteiger partial charge in [-0.1, -0.05) is 26.0 Å². The minimum Gasteiger partial charge on any atom is -0.308 e. The molecule has 2 N–H and O–H groups in total. The van der Waals surface area contributed by atoms with Crippen LogP contribution in [0.5, 0.6) is 0 Å². The van der Waals surface area contributed by atoms with E-state index in [-0.39, 0.29) is 11.7 Å². The lowest BCUT2D eigenvalue weighted by molar-refractivity contribution is 0.262. The molecule has 4 nitrogen and oxygen atoms in total. The van der Waals surface area contributed by atoms with Gasteiger partial charge in [-0.15, -0.1) is 0 Å². The summed E-state index contributed by atoms with van der Waals surface area (Å²) in [5.41, 5.74) is 1.03. The number of pyridine rings is 1. The molecule has 0 saturated heterocycles. The maximum absolute atomic E-state index is 13.8. The molecule has 0 fully saturated rings. The van der Waals surface area contributed by atoms with Crippen LogP contribution in [0, 0.1) is 5.82 Å². The van der Waals surface area contributed by atoms with E-state index in [0.717, 1.165) is 0 Å². The smallest absolute Gasteiger partial charge is 0.308 e. The summed E-state index contributed by atoms with van der Waals surface area (Å²) >= 11 is 0. The molecule has 0 atom stereocenters. The van der Waals surface area contributed by atoms with E-state index in [9.17, 15) is 9.18 Å². The number of nitrogens with zero attached hydrogens (tertiary/aromatic N) is 1. The van der Waals surface area contributed by atoms with Crippen molar-refractivity contribution in [1.82, 2.24) is 4.98 Å². The van der Waals surface area contributed by atoms with E-state index in [1.54, 1.807) is 36.5 Å². The van der Waals surface area contributed by atoms with Crippen LogP contribution < -0.4 is 10.6 Å². The molecule has 2 aromatic rings. The topological polar surface area (TPSA) is 54.0 Å². The summed E-state index contributed by atoms with van der Waals surface area (Å²) in [7, 11) is 0. The summed E-state index contributed by atoms with van der Waals surface area (Å²) < 4.78 is 13.8. The number of anilines is 2. The quantitative estimate of drug-likeness (QED) is 0.888. The van der Waals surface area contributed by atoms with Crippen molar-refractivity contribution in [3.63, 3.8) is 0 Å². The van der Waals surface area contributed by atoms with Gasteiger partial charge in [-0.3, -0.25) is 5.32 Å². The molecule has 1 heterocycles. The molecule has 0 aliphatic heterocycles. The van der Waals surface area contributed by atoms with Crippen molar-refractivity contribution in [2.24, 2.45) is 0 Å². The summed E-state index contributed by atoms with van der Waals surface area (Å²) in [6.07, 6.45) is 1.58. The van der Waals surface area contributed by atoms with E-state index >= 15 is 0 Å². The lowest BCUT2D eigenvalue weighted by Gasteiger charge is -2.10. The molecular formula is C15H16FN3O. The van der Waals surface area contributed by atoms with E-state index in [2.05, 4.69) is 15.6 Å². The Morgan fingerprint density at radius 3 is 2.60 bits per heavy atom. The summed E-state index contributed by atoms with van der Waals surface area (Å²) in [6.45, 7) is 3.83. The highest BCUT2D eigenvalue weighted by atomic mass is 19.1. The van der Waals surface area contributed by atoms with Gasteiger partial charge >= 0.3 is 6.03 Å². The SMILES string of the molecule is CC(C)c1ccc(NC(=O)Nc2ccccn2)cc1F. The van der Waals surface area contributed by atoms with Crippen molar-refractivity contribution in [2.45, 2.75) is 19.8 Å². The standard InChI is InChI=1S/C15H16FN3O/c1-10(2)12-7-6-11(9-13(12)16)18-15(20)19-14-5-3-4-8-17-14/h3-10H,1-2H3,(H2,17,18,19,20). The highest BCUT2D eigenvalue weighted by molar-refractivity contribution is 5.99. The second-order valence-corrected chi connectivity index (χ2v) is 4.69. The first-order chi connectivity index (χ1) is 9.56.